The molecule has 2 heterocycles. The van der Waals surface area contributed by atoms with Crippen molar-refractivity contribution in [1.82, 2.24) is 9.97 Å². The molecule has 0 unspecified atom stereocenters. The maximum Gasteiger partial charge on any atom is 0.247 e. The van der Waals surface area contributed by atoms with Crippen molar-refractivity contribution >= 4 is 45.7 Å². The van der Waals surface area contributed by atoms with Crippen LogP contribution in [0, 0.1) is 11.2 Å². The van der Waals surface area contributed by atoms with Gasteiger partial charge in [-0.2, -0.15) is 0 Å². The monoisotopic (exact) mass is 536 g/mol. The average Bonchev–Trinajstić information content (AvgIpc) is 3.73. The van der Waals surface area contributed by atoms with Gasteiger partial charge in [-0.25, -0.2) is 9.37 Å². The summed E-state index contributed by atoms with van der Waals surface area (Å²) in [5.74, 6) is -0.245. The molecule has 0 radical (unpaired) electrons. The average molecular weight is 537 g/mol. The van der Waals surface area contributed by atoms with Crippen LogP contribution >= 0.6 is 11.6 Å². The molecular formula is C27H22ClFN4O5. The van der Waals surface area contributed by atoms with Crippen LogP contribution in [0.1, 0.15) is 12.8 Å². The summed E-state index contributed by atoms with van der Waals surface area (Å²) in [4.78, 5) is 35.5. The maximum absolute atomic E-state index is 13.6. The number of carbonyl (C=O) groups is 2. The Hall–Kier alpha value is -4.44. The zero-order valence-electron chi connectivity index (χ0n) is 20.4. The lowest BCUT2D eigenvalue weighted by Gasteiger charge is -2.26. The van der Waals surface area contributed by atoms with Crippen LogP contribution in [0.3, 0.4) is 0 Å². The van der Waals surface area contributed by atoms with Crippen LogP contribution in [0.5, 0.6) is 23.1 Å². The first-order chi connectivity index (χ1) is 18.3. The molecule has 2 aromatic carbocycles. The summed E-state index contributed by atoms with van der Waals surface area (Å²) >= 11 is 6.55. The molecule has 4 aromatic rings. The predicted molar refractivity (Wildman–Crippen MR) is 139 cm³/mol. The molecule has 11 heteroatoms. The molecule has 2 aromatic heterocycles. The van der Waals surface area contributed by atoms with Gasteiger partial charge in [-0.15, -0.1) is 0 Å². The first kappa shape index (κ1) is 25.2. The smallest absolute Gasteiger partial charge is 0.247 e. The summed E-state index contributed by atoms with van der Waals surface area (Å²) in [5, 5.41) is 0.726. The lowest BCUT2D eigenvalue weighted by atomic mass is 10.0. The Bertz CT molecular complexity index is 1560. The molecule has 2 N–H and O–H groups in total. The van der Waals surface area contributed by atoms with Gasteiger partial charge >= 0.3 is 0 Å². The van der Waals surface area contributed by atoms with Crippen molar-refractivity contribution in [3.63, 3.8) is 0 Å². The number of amides is 2. The van der Waals surface area contributed by atoms with Crippen molar-refractivity contribution in [2.24, 2.45) is 11.1 Å². The van der Waals surface area contributed by atoms with E-state index in [4.69, 9.17) is 31.5 Å². The number of hydrogen-bond donors (Lipinski definition) is 1. The molecule has 0 aliphatic heterocycles. The van der Waals surface area contributed by atoms with Gasteiger partial charge in [0, 0.05) is 23.3 Å². The Morgan fingerprint density at radius 1 is 0.974 bits per heavy atom. The third-order valence-electron chi connectivity index (χ3n) is 6.38. The van der Waals surface area contributed by atoms with E-state index >= 15 is 0 Å². The van der Waals surface area contributed by atoms with E-state index in [9.17, 15) is 14.0 Å². The SMILES string of the molecule is COc1cc2nccc(Oc3ncc(N(C(=O)C4(C(N)=O)CC4)c4ccc(F)cc4)cc3Cl)c2cc1OC. The van der Waals surface area contributed by atoms with Gasteiger partial charge in [-0.3, -0.25) is 19.5 Å². The number of halogens is 2. The van der Waals surface area contributed by atoms with Crippen molar-refractivity contribution in [3.8, 4) is 23.1 Å². The number of methoxy groups -OCH3 is 2. The summed E-state index contributed by atoms with van der Waals surface area (Å²) in [6, 6.07) is 11.9. The lowest BCUT2D eigenvalue weighted by molar-refractivity contribution is -0.133. The third-order valence-corrected chi connectivity index (χ3v) is 6.65. The number of fused-ring (bicyclic) bond motifs is 1. The van der Waals surface area contributed by atoms with Crippen LogP contribution in [0.15, 0.2) is 60.9 Å². The minimum Gasteiger partial charge on any atom is -0.493 e. The molecule has 2 amide bonds. The van der Waals surface area contributed by atoms with Crippen LogP contribution in [0.4, 0.5) is 15.8 Å². The molecule has 0 bridgehead atoms. The van der Waals surface area contributed by atoms with Crippen molar-refractivity contribution in [1.29, 1.82) is 0 Å². The Labute approximate surface area is 221 Å². The number of nitrogens with two attached hydrogens (primary N) is 1. The van der Waals surface area contributed by atoms with E-state index in [0.717, 1.165) is 0 Å². The highest BCUT2D eigenvalue weighted by atomic mass is 35.5. The molecule has 9 nitrogen and oxygen atoms in total. The molecule has 1 saturated carbocycles. The Morgan fingerprint density at radius 2 is 1.66 bits per heavy atom. The largest absolute Gasteiger partial charge is 0.493 e. The van der Waals surface area contributed by atoms with Gasteiger partial charge in [0.15, 0.2) is 11.5 Å². The highest BCUT2D eigenvalue weighted by Gasteiger charge is 2.57. The highest BCUT2D eigenvalue weighted by molar-refractivity contribution is 6.32. The minimum absolute atomic E-state index is 0.0697. The second-order valence-electron chi connectivity index (χ2n) is 8.68. The van der Waals surface area contributed by atoms with Gasteiger partial charge in [-0.1, -0.05) is 11.6 Å². The van der Waals surface area contributed by atoms with Crippen molar-refractivity contribution < 1.29 is 28.2 Å². The molecule has 0 spiro atoms. The zero-order chi connectivity index (χ0) is 27.0. The number of pyridine rings is 2. The number of hydrogen-bond acceptors (Lipinski definition) is 7. The predicted octanol–water partition coefficient (Wildman–Crippen LogP) is 5.16. The quantitative estimate of drug-likeness (QED) is 0.309. The van der Waals surface area contributed by atoms with Crippen molar-refractivity contribution in [2.45, 2.75) is 12.8 Å². The minimum atomic E-state index is -1.33. The van der Waals surface area contributed by atoms with E-state index in [2.05, 4.69) is 9.97 Å². The summed E-state index contributed by atoms with van der Waals surface area (Å²) in [6.07, 6.45) is 3.60. The summed E-state index contributed by atoms with van der Waals surface area (Å²) < 4.78 is 30.4. The van der Waals surface area contributed by atoms with Gasteiger partial charge in [-0.05, 0) is 55.3 Å². The highest BCUT2D eigenvalue weighted by Crippen LogP contribution is 2.49. The number of benzene rings is 2. The lowest BCUT2D eigenvalue weighted by Crippen LogP contribution is -2.41. The number of primary amides is 1. The van der Waals surface area contributed by atoms with Crippen LogP contribution in [-0.2, 0) is 9.59 Å². The normalized spacial score (nSPS) is 13.6. The number of rotatable bonds is 8. The number of nitrogens with zero attached hydrogens (tertiary/aromatic N) is 3. The second-order valence-corrected chi connectivity index (χ2v) is 9.09. The van der Waals surface area contributed by atoms with E-state index in [1.165, 1.54) is 55.6 Å². The standard InChI is InChI=1S/C27H22ClFN4O5/c1-36-22-12-18-20(13-23(22)37-2)31-10-7-21(18)38-24-19(28)11-17(14-32-24)33(16-5-3-15(29)4-6-16)26(35)27(8-9-27)25(30)34/h3-7,10-14H,8-9H2,1-2H3,(H2,30,34). The molecule has 0 saturated heterocycles. The van der Waals surface area contributed by atoms with Gasteiger partial charge in [0.05, 0.1) is 31.6 Å². The fraction of sp³-hybridized carbons (Fsp3) is 0.185. The second kappa shape index (κ2) is 9.79. The van der Waals surface area contributed by atoms with Crippen LogP contribution < -0.4 is 24.8 Å². The molecule has 194 valence electrons. The summed E-state index contributed by atoms with van der Waals surface area (Å²) in [5.41, 5.74) is 5.41. The van der Waals surface area contributed by atoms with E-state index in [1.807, 2.05) is 0 Å². The number of carbonyl (C=O) groups excluding carboxylic acids is 2. The number of ether oxygens (including phenoxy) is 3. The van der Waals surface area contributed by atoms with Gasteiger partial charge < -0.3 is 19.9 Å². The van der Waals surface area contributed by atoms with Gasteiger partial charge in [0.2, 0.25) is 17.7 Å². The summed E-state index contributed by atoms with van der Waals surface area (Å²) in [6.45, 7) is 0. The van der Waals surface area contributed by atoms with Crippen LogP contribution in [-0.4, -0.2) is 36.0 Å². The Kier molecular flexibility index (Phi) is 6.50. The van der Waals surface area contributed by atoms with Gasteiger partial charge in [0.1, 0.15) is 22.0 Å². The first-order valence-corrected chi connectivity index (χ1v) is 11.9. The zero-order valence-corrected chi connectivity index (χ0v) is 21.2. The van der Waals surface area contributed by atoms with Gasteiger partial charge in [0.25, 0.3) is 0 Å². The van der Waals surface area contributed by atoms with Crippen molar-refractivity contribution in [2.75, 3.05) is 19.1 Å². The van der Waals surface area contributed by atoms with E-state index < -0.39 is 23.0 Å². The molecule has 1 aliphatic carbocycles. The molecular weight excluding hydrogens is 515 g/mol. The van der Waals surface area contributed by atoms with Crippen LogP contribution in [0.25, 0.3) is 10.9 Å². The molecule has 38 heavy (non-hydrogen) atoms. The Balaban J connectivity index is 1.52. The molecule has 5 rings (SSSR count). The topological polar surface area (TPSA) is 117 Å². The molecule has 0 atom stereocenters. The first-order valence-electron chi connectivity index (χ1n) is 11.5. The molecule has 1 aliphatic rings. The van der Waals surface area contributed by atoms with E-state index in [1.54, 1.807) is 24.4 Å². The maximum atomic E-state index is 13.6. The van der Waals surface area contributed by atoms with E-state index in [-0.39, 0.29) is 16.6 Å². The fourth-order valence-corrected chi connectivity index (χ4v) is 4.33. The molecule has 1 fully saturated rings. The Morgan fingerprint density at radius 3 is 2.26 bits per heavy atom. The number of aromatic nitrogens is 2. The third kappa shape index (κ3) is 4.43. The fourth-order valence-electron chi connectivity index (χ4n) is 4.13. The number of anilines is 2. The van der Waals surface area contributed by atoms with Crippen molar-refractivity contribution in [3.05, 3.63) is 71.8 Å². The summed E-state index contributed by atoms with van der Waals surface area (Å²) in [7, 11) is 3.06. The van der Waals surface area contributed by atoms with Crippen LogP contribution in [0.2, 0.25) is 5.02 Å². The van der Waals surface area contributed by atoms with E-state index in [0.29, 0.717) is 46.7 Å².